The molecule has 0 bridgehead atoms. The third-order valence-corrected chi connectivity index (χ3v) is 3.13. The summed E-state index contributed by atoms with van der Waals surface area (Å²) in [6.45, 7) is 4.01. The van der Waals surface area contributed by atoms with Crippen molar-refractivity contribution in [2.24, 2.45) is 0 Å². The van der Waals surface area contributed by atoms with Gasteiger partial charge in [0.05, 0.1) is 6.10 Å². The van der Waals surface area contributed by atoms with Gasteiger partial charge in [-0.15, -0.1) is 0 Å². The van der Waals surface area contributed by atoms with Gasteiger partial charge in [0, 0.05) is 5.92 Å². The lowest BCUT2D eigenvalue weighted by Gasteiger charge is -2.17. The molecule has 2 unspecified atom stereocenters. The summed E-state index contributed by atoms with van der Waals surface area (Å²) in [5.41, 5.74) is 1.86. The first kappa shape index (κ1) is 13.9. The van der Waals surface area contributed by atoms with Gasteiger partial charge in [-0.05, 0) is 17.5 Å². The van der Waals surface area contributed by atoms with E-state index >= 15 is 0 Å². The smallest absolute Gasteiger partial charge is 0.127 e. The Morgan fingerprint density at radius 2 is 1.88 bits per heavy atom. The molecule has 0 saturated heterocycles. The highest BCUT2D eigenvalue weighted by molar-refractivity contribution is 5.62. The van der Waals surface area contributed by atoms with E-state index in [-0.39, 0.29) is 5.92 Å². The minimum absolute atomic E-state index is 0.146. The number of aliphatic hydroxyl groups excluding tert-OH is 1. The SMILES string of the molecule is CCCCCC(O)c1ccccc1C(C)C=O. The largest absolute Gasteiger partial charge is 0.388 e. The number of unbranched alkanes of at least 4 members (excludes halogenated alkanes) is 2. The highest BCUT2D eigenvalue weighted by atomic mass is 16.3. The number of benzene rings is 1. The van der Waals surface area contributed by atoms with Crippen molar-refractivity contribution in [3.05, 3.63) is 35.4 Å². The first-order valence-corrected chi connectivity index (χ1v) is 6.42. The van der Waals surface area contributed by atoms with Crippen molar-refractivity contribution >= 4 is 6.29 Å². The van der Waals surface area contributed by atoms with E-state index in [2.05, 4.69) is 6.92 Å². The molecule has 1 aromatic rings. The minimum Gasteiger partial charge on any atom is -0.388 e. The van der Waals surface area contributed by atoms with Gasteiger partial charge in [-0.2, -0.15) is 0 Å². The maximum atomic E-state index is 10.9. The van der Waals surface area contributed by atoms with Crippen LogP contribution < -0.4 is 0 Å². The summed E-state index contributed by atoms with van der Waals surface area (Å²) in [6, 6.07) is 7.68. The molecule has 1 N–H and O–H groups in total. The van der Waals surface area contributed by atoms with Gasteiger partial charge in [-0.1, -0.05) is 57.4 Å². The van der Waals surface area contributed by atoms with Crippen LogP contribution in [0.25, 0.3) is 0 Å². The number of hydrogen-bond donors (Lipinski definition) is 1. The van der Waals surface area contributed by atoms with Gasteiger partial charge in [-0.25, -0.2) is 0 Å². The van der Waals surface area contributed by atoms with Crippen LogP contribution >= 0.6 is 0 Å². The maximum Gasteiger partial charge on any atom is 0.127 e. The van der Waals surface area contributed by atoms with E-state index in [0.717, 1.165) is 43.1 Å². The van der Waals surface area contributed by atoms with Crippen molar-refractivity contribution in [3.8, 4) is 0 Å². The molecular formula is C15H22O2. The Labute approximate surface area is 104 Å². The summed E-state index contributed by atoms with van der Waals surface area (Å²) in [5, 5.41) is 10.2. The molecule has 2 nitrogen and oxygen atoms in total. The van der Waals surface area contributed by atoms with E-state index < -0.39 is 6.10 Å². The fourth-order valence-corrected chi connectivity index (χ4v) is 2.05. The predicted molar refractivity (Wildman–Crippen MR) is 70.0 cm³/mol. The molecule has 0 aromatic heterocycles. The Morgan fingerprint density at radius 1 is 1.24 bits per heavy atom. The van der Waals surface area contributed by atoms with Crippen LogP contribution in [0.3, 0.4) is 0 Å². The maximum absolute atomic E-state index is 10.9. The van der Waals surface area contributed by atoms with Gasteiger partial charge in [0.15, 0.2) is 0 Å². The summed E-state index contributed by atoms with van der Waals surface area (Å²) in [5.74, 6) is -0.146. The summed E-state index contributed by atoms with van der Waals surface area (Å²) in [6.07, 6.45) is 4.58. The standard InChI is InChI=1S/C15H22O2/c1-3-4-5-10-15(17)14-9-7-6-8-13(14)12(2)11-16/h6-9,11-12,15,17H,3-5,10H2,1-2H3. The van der Waals surface area contributed by atoms with Gasteiger partial charge in [0.2, 0.25) is 0 Å². The Morgan fingerprint density at radius 3 is 2.47 bits per heavy atom. The van der Waals surface area contributed by atoms with Crippen molar-refractivity contribution in [2.75, 3.05) is 0 Å². The molecule has 0 saturated carbocycles. The van der Waals surface area contributed by atoms with E-state index in [1.54, 1.807) is 0 Å². The number of aldehydes is 1. The quantitative estimate of drug-likeness (QED) is 0.578. The lowest BCUT2D eigenvalue weighted by atomic mass is 9.92. The molecule has 0 heterocycles. The van der Waals surface area contributed by atoms with Gasteiger partial charge < -0.3 is 9.90 Å². The van der Waals surface area contributed by atoms with Crippen LogP contribution in [0.5, 0.6) is 0 Å². The third-order valence-electron chi connectivity index (χ3n) is 3.13. The lowest BCUT2D eigenvalue weighted by Crippen LogP contribution is -2.05. The highest BCUT2D eigenvalue weighted by Gasteiger charge is 2.15. The Hall–Kier alpha value is -1.15. The highest BCUT2D eigenvalue weighted by Crippen LogP contribution is 2.27. The van der Waals surface area contributed by atoms with Gasteiger partial charge in [0.1, 0.15) is 6.29 Å². The second kappa shape index (κ2) is 7.23. The molecule has 0 aliphatic heterocycles. The molecule has 0 aliphatic rings. The zero-order valence-corrected chi connectivity index (χ0v) is 10.7. The van der Waals surface area contributed by atoms with Gasteiger partial charge in [0.25, 0.3) is 0 Å². The first-order valence-electron chi connectivity index (χ1n) is 6.42. The second-order valence-corrected chi connectivity index (χ2v) is 4.57. The number of rotatable bonds is 7. The number of carbonyl (C=O) groups is 1. The molecule has 17 heavy (non-hydrogen) atoms. The molecule has 0 spiro atoms. The lowest BCUT2D eigenvalue weighted by molar-refractivity contribution is -0.108. The third kappa shape index (κ3) is 3.97. The van der Waals surface area contributed by atoms with E-state index in [4.69, 9.17) is 0 Å². The Kier molecular flexibility index (Phi) is 5.92. The number of aliphatic hydroxyl groups is 1. The summed E-state index contributed by atoms with van der Waals surface area (Å²) < 4.78 is 0. The number of hydrogen-bond acceptors (Lipinski definition) is 2. The van der Waals surface area contributed by atoms with Crippen molar-refractivity contribution in [3.63, 3.8) is 0 Å². The monoisotopic (exact) mass is 234 g/mol. The molecule has 1 aromatic carbocycles. The molecule has 0 amide bonds. The van der Waals surface area contributed by atoms with Crippen LogP contribution in [0.2, 0.25) is 0 Å². The van der Waals surface area contributed by atoms with Gasteiger partial charge in [-0.3, -0.25) is 0 Å². The van der Waals surface area contributed by atoms with Crippen molar-refractivity contribution in [2.45, 2.75) is 51.6 Å². The van der Waals surface area contributed by atoms with Crippen molar-refractivity contribution < 1.29 is 9.90 Å². The normalized spacial score (nSPS) is 14.3. The molecule has 0 fully saturated rings. The Balaban J connectivity index is 2.77. The molecule has 1 rings (SSSR count). The molecule has 0 radical (unpaired) electrons. The topological polar surface area (TPSA) is 37.3 Å². The Bertz CT molecular complexity index is 347. The van der Waals surface area contributed by atoms with E-state index in [0.29, 0.717) is 0 Å². The fraction of sp³-hybridized carbons (Fsp3) is 0.533. The van der Waals surface area contributed by atoms with E-state index in [1.165, 1.54) is 0 Å². The molecule has 2 atom stereocenters. The average molecular weight is 234 g/mol. The fourth-order valence-electron chi connectivity index (χ4n) is 2.05. The number of carbonyl (C=O) groups excluding carboxylic acids is 1. The zero-order chi connectivity index (χ0) is 12.7. The van der Waals surface area contributed by atoms with E-state index in [9.17, 15) is 9.90 Å². The first-order chi connectivity index (χ1) is 8.20. The van der Waals surface area contributed by atoms with Crippen LogP contribution in [0.15, 0.2) is 24.3 Å². The van der Waals surface area contributed by atoms with Crippen LogP contribution in [-0.4, -0.2) is 11.4 Å². The summed E-state index contributed by atoms with van der Waals surface area (Å²) >= 11 is 0. The van der Waals surface area contributed by atoms with Gasteiger partial charge >= 0.3 is 0 Å². The van der Waals surface area contributed by atoms with E-state index in [1.807, 2.05) is 31.2 Å². The molecule has 2 heteroatoms. The second-order valence-electron chi connectivity index (χ2n) is 4.57. The van der Waals surface area contributed by atoms with Crippen LogP contribution in [0.1, 0.15) is 62.7 Å². The van der Waals surface area contributed by atoms with Crippen molar-refractivity contribution in [1.82, 2.24) is 0 Å². The zero-order valence-electron chi connectivity index (χ0n) is 10.7. The predicted octanol–water partition coefficient (Wildman–Crippen LogP) is 3.60. The molecule has 0 aliphatic carbocycles. The molecule has 94 valence electrons. The average Bonchev–Trinajstić information content (AvgIpc) is 2.38. The van der Waals surface area contributed by atoms with Crippen LogP contribution in [0, 0.1) is 0 Å². The summed E-state index contributed by atoms with van der Waals surface area (Å²) in [4.78, 5) is 10.9. The summed E-state index contributed by atoms with van der Waals surface area (Å²) in [7, 11) is 0. The molecular weight excluding hydrogens is 212 g/mol. The van der Waals surface area contributed by atoms with Crippen LogP contribution in [0.4, 0.5) is 0 Å². The minimum atomic E-state index is -0.444. The van der Waals surface area contributed by atoms with Crippen LogP contribution in [-0.2, 0) is 4.79 Å². The van der Waals surface area contributed by atoms with Crippen molar-refractivity contribution in [1.29, 1.82) is 0 Å².